The Morgan fingerprint density at radius 2 is 2.20 bits per heavy atom. The van der Waals surface area contributed by atoms with Crippen molar-refractivity contribution in [1.82, 2.24) is 5.32 Å². The second-order valence-electron chi connectivity index (χ2n) is 4.60. The molecule has 106 valence electrons. The minimum atomic E-state index is -0.897. The van der Waals surface area contributed by atoms with E-state index >= 15 is 0 Å². The molecule has 0 saturated carbocycles. The zero-order valence-corrected chi connectivity index (χ0v) is 11.1. The quantitative estimate of drug-likeness (QED) is 0.808. The standard InChI is InChI=1S/C14H16FN3O2/c1-9(8-16)5-12(14(17)20)18-13(19)7-10-3-2-4-11(15)6-10/h2-4,6,9,12H,5,7H2,1H3,(H2,17,20)(H,18,19)/t9-,12-/m0/s1. The van der Waals surface area contributed by atoms with E-state index < -0.39 is 29.6 Å². The van der Waals surface area contributed by atoms with E-state index in [-0.39, 0.29) is 12.8 Å². The summed E-state index contributed by atoms with van der Waals surface area (Å²) in [6.07, 6.45) is 0.100. The van der Waals surface area contributed by atoms with Gasteiger partial charge < -0.3 is 11.1 Å². The van der Waals surface area contributed by atoms with Crippen molar-refractivity contribution in [3.8, 4) is 6.07 Å². The van der Waals surface area contributed by atoms with Gasteiger partial charge >= 0.3 is 0 Å². The van der Waals surface area contributed by atoms with E-state index in [2.05, 4.69) is 5.32 Å². The van der Waals surface area contributed by atoms with E-state index in [1.165, 1.54) is 18.2 Å². The van der Waals surface area contributed by atoms with Crippen molar-refractivity contribution in [2.45, 2.75) is 25.8 Å². The van der Waals surface area contributed by atoms with Crippen LogP contribution in [0.1, 0.15) is 18.9 Å². The molecule has 3 N–H and O–H groups in total. The molecular weight excluding hydrogens is 261 g/mol. The highest BCUT2D eigenvalue weighted by Gasteiger charge is 2.20. The number of nitrogens with zero attached hydrogens (tertiary/aromatic N) is 1. The molecule has 6 heteroatoms. The molecule has 0 aliphatic carbocycles. The first-order chi connectivity index (χ1) is 9.42. The Bertz CT molecular complexity index is 539. The molecule has 0 bridgehead atoms. The van der Waals surface area contributed by atoms with Gasteiger partial charge in [-0.2, -0.15) is 5.26 Å². The maximum atomic E-state index is 13.0. The third-order valence-electron chi connectivity index (χ3n) is 2.74. The number of halogens is 1. The number of rotatable bonds is 6. The number of nitrogens with one attached hydrogen (secondary N) is 1. The van der Waals surface area contributed by atoms with Crippen LogP contribution in [0.25, 0.3) is 0 Å². The van der Waals surface area contributed by atoms with Crippen LogP contribution in [0.3, 0.4) is 0 Å². The van der Waals surface area contributed by atoms with Crippen LogP contribution in [0.4, 0.5) is 4.39 Å². The number of nitriles is 1. The lowest BCUT2D eigenvalue weighted by molar-refractivity contribution is -0.127. The average molecular weight is 277 g/mol. The Morgan fingerprint density at radius 3 is 2.75 bits per heavy atom. The summed E-state index contributed by atoms with van der Waals surface area (Å²) in [5, 5.41) is 11.2. The van der Waals surface area contributed by atoms with Crippen LogP contribution >= 0.6 is 0 Å². The van der Waals surface area contributed by atoms with Gasteiger partial charge in [-0.15, -0.1) is 0 Å². The van der Waals surface area contributed by atoms with Gasteiger partial charge in [0.2, 0.25) is 11.8 Å². The number of amides is 2. The molecule has 0 saturated heterocycles. The summed E-state index contributed by atoms with van der Waals surface area (Å²) in [5.41, 5.74) is 5.68. The van der Waals surface area contributed by atoms with Crippen molar-refractivity contribution in [2.75, 3.05) is 0 Å². The van der Waals surface area contributed by atoms with Crippen LogP contribution in [-0.2, 0) is 16.0 Å². The number of hydrogen-bond acceptors (Lipinski definition) is 3. The zero-order valence-electron chi connectivity index (χ0n) is 11.1. The molecule has 2 atom stereocenters. The van der Waals surface area contributed by atoms with Gasteiger partial charge in [0.25, 0.3) is 0 Å². The zero-order chi connectivity index (χ0) is 15.1. The lowest BCUT2D eigenvalue weighted by Crippen LogP contribution is -2.45. The van der Waals surface area contributed by atoms with Gasteiger partial charge in [0.1, 0.15) is 11.9 Å². The van der Waals surface area contributed by atoms with Crippen molar-refractivity contribution in [1.29, 1.82) is 5.26 Å². The van der Waals surface area contributed by atoms with Gasteiger partial charge in [-0.25, -0.2) is 4.39 Å². The molecule has 0 heterocycles. The molecule has 0 aliphatic rings. The highest BCUT2D eigenvalue weighted by Crippen LogP contribution is 2.07. The third kappa shape index (κ3) is 5.06. The smallest absolute Gasteiger partial charge is 0.240 e. The first-order valence-electron chi connectivity index (χ1n) is 6.15. The Balaban J connectivity index is 2.63. The maximum absolute atomic E-state index is 13.0. The number of primary amides is 1. The molecule has 1 aromatic carbocycles. The number of nitrogens with two attached hydrogens (primary N) is 1. The van der Waals surface area contributed by atoms with Crippen molar-refractivity contribution in [2.24, 2.45) is 11.7 Å². The summed E-state index contributed by atoms with van der Waals surface area (Å²) in [4.78, 5) is 23.0. The van der Waals surface area contributed by atoms with Gasteiger partial charge in [-0.3, -0.25) is 9.59 Å². The summed E-state index contributed by atoms with van der Waals surface area (Å²) in [6.45, 7) is 1.63. The van der Waals surface area contributed by atoms with Gasteiger partial charge in [0, 0.05) is 5.92 Å². The van der Waals surface area contributed by atoms with E-state index in [0.717, 1.165) is 0 Å². The largest absolute Gasteiger partial charge is 0.368 e. The fourth-order valence-corrected chi connectivity index (χ4v) is 1.73. The number of carbonyl (C=O) groups is 2. The maximum Gasteiger partial charge on any atom is 0.240 e. The molecule has 0 spiro atoms. The summed E-state index contributed by atoms with van der Waals surface area (Å²) in [6, 6.07) is 6.71. The van der Waals surface area contributed by atoms with Gasteiger partial charge in [-0.1, -0.05) is 12.1 Å². The second kappa shape index (κ2) is 7.24. The Morgan fingerprint density at radius 1 is 1.50 bits per heavy atom. The van der Waals surface area contributed by atoms with Crippen molar-refractivity contribution >= 4 is 11.8 Å². The van der Waals surface area contributed by atoms with Gasteiger partial charge in [-0.05, 0) is 31.0 Å². The van der Waals surface area contributed by atoms with Crippen LogP contribution in [0.15, 0.2) is 24.3 Å². The Labute approximate surface area is 116 Å². The summed E-state index contributed by atoms with van der Waals surface area (Å²) < 4.78 is 13.0. The van der Waals surface area contributed by atoms with E-state index in [4.69, 9.17) is 11.0 Å². The molecular formula is C14H16FN3O2. The molecule has 20 heavy (non-hydrogen) atoms. The van der Waals surface area contributed by atoms with E-state index in [0.29, 0.717) is 5.56 Å². The second-order valence-corrected chi connectivity index (χ2v) is 4.60. The minimum absolute atomic E-state index is 0.0531. The number of benzene rings is 1. The van der Waals surface area contributed by atoms with E-state index in [1.807, 2.05) is 6.07 Å². The third-order valence-corrected chi connectivity index (χ3v) is 2.74. The predicted molar refractivity (Wildman–Crippen MR) is 70.6 cm³/mol. The van der Waals surface area contributed by atoms with Crippen molar-refractivity contribution < 1.29 is 14.0 Å². The lowest BCUT2D eigenvalue weighted by Gasteiger charge is -2.16. The van der Waals surface area contributed by atoms with Crippen LogP contribution in [0, 0.1) is 23.1 Å². The van der Waals surface area contributed by atoms with Crippen molar-refractivity contribution in [3.05, 3.63) is 35.6 Å². The highest BCUT2D eigenvalue weighted by atomic mass is 19.1. The van der Waals surface area contributed by atoms with E-state index in [1.54, 1.807) is 13.0 Å². The molecule has 5 nitrogen and oxygen atoms in total. The first kappa shape index (κ1) is 15.6. The molecule has 0 aromatic heterocycles. The molecule has 1 rings (SSSR count). The molecule has 2 amide bonds. The first-order valence-corrected chi connectivity index (χ1v) is 6.15. The fraction of sp³-hybridized carbons (Fsp3) is 0.357. The molecule has 0 fully saturated rings. The van der Waals surface area contributed by atoms with Crippen LogP contribution < -0.4 is 11.1 Å². The normalized spacial score (nSPS) is 13.1. The van der Waals surface area contributed by atoms with Crippen molar-refractivity contribution in [3.63, 3.8) is 0 Å². The highest BCUT2D eigenvalue weighted by molar-refractivity contribution is 5.87. The number of hydrogen-bond donors (Lipinski definition) is 2. The van der Waals surface area contributed by atoms with Gasteiger partial charge in [0.15, 0.2) is 0 Å². The Hall–Kier alpha value is -2.42. The topological polar surface area (TPSA) is 96.0 Å². The Kier molecular flexibility index (Phi) is 5.66. The average Bonchev–Trinajstić information content (AvgIpc) is 2.37. The lowest BCUT2D eigenvalue weighted by atomic mass is 10.0. The predicted octanol–water partition coefficient (Wildman–Crippen LogP) is 0.888. The number of carbonyl (C=O) groups excluding carboxylic acids is 2. The fourth-order valence-electron chi connectivity index (χ4n) is 1.73. The summed E-state index contributed by atoms with van der Waals surface area (Å²) >= 11 is 0. The summed E-state index contributed by atoms with van der Waals surface area (Å²) in [5.74, 6) is -1.97. The minimum Gasteiger partial charge on any atom is -0.368 e. The molecule has 0 unspecified atom stereocenters. The van der Waals surface area contributed by atoms with Crippen LogP contribution in [0.5, 0.6) is 0 Å². The molecule has 1 aromatic rings. The van der Waals surface area contributed by atoms with Gasteiger partial charge in [0.05, 0.1) is 12.5 Å². The van der Waals surface area contributed by atoms with Crippen LogP contribution in [-0.4, -0.2) is 17.9 Å². The SMILES string of the molecule is C[C@H](C#N)C[C@H](NC(=O)Cc1cccc(F)c1)C(N)=O. The molecule has 0 aliphatic heterocycles. The summed E-state index contributed by atoms with van der Waals surface area (Å²) in [7, 11) is 0. The monoisotopic (exact) mass is 277 g/mol. The van der Waals surface area contributed by atoms with E-state index in [9.17, 15) is 14.0 Å². The molecule has 0 radical (unpaired) electrons. The van der Waals surface area contributed by atoms with Crippen LogP contribution in [0.2, 0.25) is 0 Å².